The Morgan fingerprint density at radius 3 is 2.81 bits per heavy atom. The third kappa shape index (κ3) is 2.27. The molecule has 2 heterocycles. The average Bonchev–Trinajstić information content (AvgIpc) is 2.82. The first-order valence-corrected chi connectivity index (χ1v) is 6.70. The van der Waals surface area contributed by atoms with Crippen molar-refractivity contribution in [1.29, 1.82) is 0 Å². The number of amides is 1. The van der Waals surface area contributed by atoms with Gasteiger partial charge in [0.05, 0.1) is 5.69 Å². The van der Waals surface area contributed by atoms with Gasteiger partial charge in [0.15, 0.2) is 5.65 Å². The maximum atomic E-state index is 12.1. The number of nitrogens with zero attached hydrogens (tertiary/aromatic N) is 4. The minimum Gasteiger partial charge on any atom is -0.345 e. The van der Waals surface area contributed by atoms with E-state index in [1.165, 1.54) is 0 Å². The summed E-state index contributed by atoms with van der Waals surface area (Å²) in [5, 5.41) is 4.46. The van der Waals surface area contributed by atoms with Crippen LogP contribution in [0.3, 0.4) is 0 Å². The quantitative estimate of drug-likeness (QED) is 0.724. The van der Waals surface area contributed by atoms with Crippen LogP contribution in [-0.2, 0) is 0 Å². The number of carbonyl (C=O) groups is 1. The van der Waals surface area contributed by atoms with E-state index >= 15 is 0 Å². The van der Waals surface area contributed by atoms with Gasteiger partial charge in [0.2, 0.25) is 0 Å². The first kappa shape index (κ1) is 13.3. The number of benzene rings is 1. The van der Waals surface area contributed by atoms with Crippen molar-refractivity contribution >= 4 is 11.6 Å². The molecule has 0 saturated carbocycles. The molecule has 1 amide bonds. The van der Waals surface area contributed by atoms with Crippen LogP contribution in [0.4, 0.5) is 0 Å². The number of rotatable bonds is 2. The first-order valence-electron chi connectivity index (χ1n) is 6.70. The Morgan fingerprint density at radius 1 is 1.24 bits per heavy atom. The van der Waals surface area contributed by atoms with Crippen LogP contribution in [0.1, 0.15) is 16.1 Å². The van der Waals surface area contributed by atoms with Gasteiger partial charge in [-0.2, -0.15) is 5.10 Å². The van der Waals surface area contributed by atoms with Crippen molar-refractivity contribution in [2.24, 2.45) is 0 Å². The molecular formula is C16H16N4O. The van der Waals surface area contributed by atoms with E-state index in [4.69, 9.17) is 0 Å². The van der Waals surface area contributed by atoms with Gasteiger partial charge in [0.25, 0.3) is 5.91 Å². The molecule has 5 heteroatoms. The molecule has 0 bridgehead atoms. The molecule has 0 unspecified atom stereocenters. The molecule has 0 aliphatic rings. The molecule has 0 aliphatic carbocycles. The van der Waals surface area contributed by atoms with Crippen LogP contribution in [0.25, 0.3) is 16.8 Å². The van der Waals surface area contributed by atoms with Crippen molar-refractivity contribution in [2.75, 3.05) is 14.1 Å². The molecule has 0 atom stereocenters. The molecule has 0 fully saturated rings. The Kier molecular flexibility index (Phi) is 3.17. The van der Waals surface area contributed by atoms with Gasteiger partial charge >= 0.3 is 0 Å². The second-order valence-corrected chi connectivity index (χ2v) is 5.13. The fourth-order valence-corrected chi connectivity index (χ4v) is 2.40. The van der Waals surface area contributed by atoms with Gasteiger partial charge in [-0.15, -0.1) is 0 Å². The Labute approximate surface area is 122 Å². The van der Waals surface area contributed by atoms with Gasteiger partial charge in [-0.25, -0.2) is 9.50 Å². The SMILES string of the molecule is Cc1nn2cccnc2c1-c1cccc(C(=O)N(C)C)c1. The number of hydrogen-bond acceptors (Lipinski definition) is 3. The summed E-state index contributed by atoms with van der Waals surface area (Å²) in [6.07, 6.45) is 3.61. The van der Waals surface area contributed by atoms with E-state index in [1.54, 1.807) is 29.7 Å². The molecule has 0 radical (unpaired) electrons. The largest absolute Gasteiger partial charge is 0.345 e. The van der Waals surface area contributed by atoms with E-state index < -0.39 is 0 Å². The number of carbonyl (C=O) groups excluding carboxylic acids is 1. The van der Waals surface area contributed by atoms with Crippen LogP contribution >= 0.6 is 0 Å². The van der Waals surface area contributed by atoms with E-state index in [0.717, 1.165) is 22.5 Å². The second-order valence-electron chi connectivity index (χ2n) is 5.13. The molecule has 21 heavy (non-hydrogen) atoms. The average molecular weight is 280 g/mol. The normalized spacial score (nSPS) is 10.8. The summed E-state index contributed by atoms with van der Waals surface area (Å²) in [6, 6.07) is 9.42. The van der Waals surface area contributed by atoms with E-state index in [2.05, 4.69) is 10.1 Å². The number of hydrogen-bond donors (Lipinski definition) is 0. The summed E-state index contributed by atoms with van der Waals surface area (Å²) in [4.78, 5) is 18.1. The van der Waals surface area contributed by atoms with Crippen molar-refractivity contribution < 1.29 is 4.79 Å². The minimum atomic E-state index is -0.0149. The van der Waals surface area contributed by atoms with Crippen LogP contribution < -0.4 is 0 Å². The lowest BCUT2D eigenvalue weighted by atomic mass is 10.0. The molecule has 3 rings (SSSR count). The summed E-state index contributed by atoms with van der Waals surface area (Å²) in [7, 11) is 3.49. The van der Waals surface area contributed by atoms with Gasteiger partial charge in [-0.1, -0.05) is 12.1 Å². The summed E-state index contributed by atoms with van der Waals surface area (Å²) < 4.78 is 1.76. The fourth-order valence-electron chi connectivity index (χ4n) is 2.40. The van der Waals surface area contributed by atoms with Crippen LogP contribution in [0.2, 0.25) is 0 Å². The maximum absolute atomic E-state index is 12.1. The molecule has 0 saturated heterocycles. The lowest BCUT2D eigenvalue weighted by Crippen LogP contribution is -2.21. The second kappa shape index (κ2) is 5.01. The van der Waals surface area contributed by atoms with Gasteiger partial charge in [0, 0.05) is 37.6 Å². The number of aromatic nitrogens is 3. The third-order valence-electron chi connectivity index (χ3n) is 3.37. The Morgan fingerprint density at radius 2 is 2.05 bits per heavy atom. The van der Waals surface area contributed by atoms with Gasteiger partial charge in [-0.05, 0) is 30.7 Å². The molecule has 106 valence electrons. The van der Waals surface area contributed by atoms with Crippen molar-refractivity contribution in [2.45, 2.75) is 6.92 Å². The maximum Gasteiger partial charge on any atom is 0.253 e. The Bertz CT molecular complexity index is 820. The topological polar surface area (TPSA) is 50.5 Å². The van der Waals surface area contributed by atoms with E-state index in [0.29, 0.717) is 5.56 Å². The lowest BCUT2D eigenvalue weighted by molar-refractivity contribution is 0.0827. The van der Waals surface area contributed by atoms with Crippen molar-refractivity contribution in [3.63, 3.8) is 0 Å². The minimum absolute atomic E-state index is 0.0149. The molecule has 2 aromatic heterocycles. The zero-order valence-electron chi connectivity index (χ0n) is 12.2. The highest BCUT2D eigenvalue weighted by molar-refractivity contribution is 5.95. The van der Waals surface area contributed by atoms with Crippen LogP contribution in [0, 0.1) is 6.92 Å². The standard InChI is InChI=1S/C16H16N4O/c1-11-14(15-17-8-5-9-20(15)18-11)12-6-4-7-13(10-12)16(21)19(2)3/h4-10H,1-3H3. The summed E-state index contributed by atoms with van der Waals surface area (Å²) >= 11 is 0. The summed E-state index contributed by atoms with van der Waals surface area (Å²) in [5.74, 6) is -0.0149. The molecular weight excluding hydrogens is 264 g/mol. The molecule has 0 spiro atoms. The van der Waals surface area contributed by atoms with Crippen molar-refractivity contribution in [3.05, 3.63) is 54.0 Å². The lowest BCUT2D eigenvalue weighted by Gasteiger charge is -2.11. The number of aryl methyl sites for hydroxylation is 1. The highest BCUT2D eigenvalue weighted by atomic mass is 16.2. The summed E-state index contributed by atoms with van der Waals surface area (Å²) in [5.41, 5.74) is 4.26. The van der Waals surface area contributed by atoms with Crippen molar-refractivity contribution in [1.82, 2.24) is 19.5 Å². The molecule has 0 aliphatic heterocycles. The molecule has 3 aromatic rings. The van der Waals surface area contributed by atoms with E-state index in [-0.39, 0.29) is 5.91 Å². The predicted octanol–water partition coefficient (Wildman–Crippen LogP) is 2.41. The monoisotopic (exact) mass is 280 g/mol. The predicted molar refractivity (Wildman–Crippen MR) is 81.2 cm³/mol. The van der Waals surface area contributed by atoms with Crippen molar-refractivity contribution in [3.8, 4) is 11.1 Å². The van der Waals surface area contributed by atoms with Crippen LogP contribution in [-0.4, -0.2) is 39.5 Å². The van der Waals surface area contributed by atoms with E-state index in [9.17, 15) is 4.79 Å². The van der Waals surface area contributed by atoms with Crippen LogP contribution in [0.5, 0.6) is 0 Å². The van der Waals surface area contributed by atoms with Gasteiger partial charge in [-0.3, -0.25) is 4.79 Å². The van der Waals surface area contributed by atoms with Gasteiger partial charge < -0.3 is 4.90 Å². The highest BCUT2D eigenvalue weighted by Gasteiger charge is 2.15. The van der Waals surface area contributed by atoms with Gasteiger partial charge in [0.1, 0.15) is 0 Å². The Hall–Kier alpha value is -2.69. The molecule has 1 aromatic carbocycles. The van der Waals surface area contributed by atoms with Crippen LogP contribution in [0.15, 0.2) is 42.7 Å². The third-order valence-corrected chi connectivity index (χ3v) is 3.37. The zero-order chi connectivity index (χ0) is 15.0. The highest BCUT2D eigenvalue weighted by Crippen LogP contribution is 2.27. The molecule has 5 nitrogen and oxygen atoms in total. The smallest absolute Gasteiger partial charge is 0.253 e. The summed E-state index contributed by atoms with van der Waals surface area (Å²) in [6.45, 7) is 1.95. The number of fused-ring (bicyclic) bond motifs is 1. The first-order chi connectivity index (χ1) is 10.1. The molecule has 0 N–H and O–H groups in total. The zero-order valence-corrected chi connectivity index (χ0v) is 12.2. The Balaban J connectivity index is 2.17. The van der Waals surface area contributed by atoms with E-state index in [1.807, 2.05) is 43.5 Å². The fraction of sp³-hybridized carbons (Fsp3) is 0.188.